The summed E-state index contributed by atoms with van der Waals surface area (Å²) in [6, 6.07) is 14.7. The Labute approximate surface area is 218 Å². The van der Waals surface area contributed by atoms with E-state index in [4.69, 9.17) is 4.74 Å². The lowest BCUT2D eigenvalue weighted by Crippen LogP contribution is -2.49. The van der Waals surface area contributed by atoms with Crippen molar-refractivity contribution < 1.29 is 14.3 Å². The summed E-state index contributed by atoms with van der Waals surface area (Å²) in [5.74, 6) is 1.26. The number of nitrogens with zero attached hydrogens (tertiary/aromatic N) is 7. The highest BCUT2D eigenvalue weighted by atomic mass is 16.5. The number of amides is 2. The number of aromatic amines is 1. The Balaban J connectivity index is 1.11. The lowest BCUT2D eigenvalue weighted by Gasteiger charge is -2.27. The predicted molar refractivity (Wildman–Crippen MR) is 136 cm³/mol. The van der Waals surface area contributed by atoms with Crippen molar-refractivity contribution in [2.45, 2.75) is 32.1 Å². The number of ether oxygens (including phenoxy) is 1. The van der Waals surface area contributed by atoms with Gasteiger partial charge < -0.3 is 15.0 Å². The summed E-state index contributed by atoms with van der Waals surface area (Å²) in [5, 5.41) is 13.8. The molecule has 4 aromatic rings. The Kier molecular flexibility index (Phi) is 6.30. The van der Waals surface area contributed by atoms with Crippen molar-refractivity contribution in [3.63, 3.8) is 0 Å². The Morgan fingerprint density at radius 1 is 1.16 bits per heavy atom. The van der Waals surface area contributed by atoms with Gasteiger partial charge in [0, 0.05) is 26.6 Å². The quantitative estimate of drug-likeness (QED) is 0.392. The van der Waals surface area contributed by atoms with Crippen molar-refractivity contribution in [2.75, 3.05) is 25.1 Å². The summed E-state index contributed by atoms with van der Waals surface area (Å²) in [5.41, 5.74) is 2.76. The molecule has 0 radical (unpaired) electrons. The van der Waals surface area contributed by atoms with Crippen molar-refractivity contribution in [2.24, 2.45) is 0 Å². The zero-order chi connectivity index (χ0) is 26.1. The van der Waals surface area contributed by atoms with Gasteiger partial charge in [-0.3, -0.25) is 19.6 Å². The fraction of sp³-hybridized carbons (Fsp3) is 0.308. The molecule has 0 unspecified atom stereocenters. The fourth-order valence-electron chi connectivity index (χ4n) is 4.74. The van der Waals surface area contributed by atoms with Gasteiger partial charge in [0.2, 0.25) is 5.82 Å². The topological polar surface area (TPSA) is 134 Å². The minimum Gasteiger partial charge on any atom is -0.489 e. The van der Waals surface area contributed by atoms with Crippen LogP contribution in [0, 0.1) is 0 Å². The molecule has 12 nitrogen and oxygen atoms in total. The second-order valence-corrected chi connectivity index (χ2v) is 9.41. The van der Waals surface area contributed by atoms with E-state index in [0.717, 1.165) is 30.0 Å². The Hall–Kier alpha value is -4.58. The highest BCUT2D eigenvalue weighted by Gasteiger charge is 2.32. The van der Waals surface area contributed by atoms with Crippen LogP contribution < -0.4 is 15.0 Å². The molecule has 2 N–H and O–H groups in total. The second kappa shape index (κ2) is 10.1. The second-order valence-electron chi connectivity index (χ2n) is 9.41. The summed E-state index contributed by atoms with van der Waals surface area (Å²) in [4.78, 5) is 38.6. The molecule has 0 aliphatic carbocycles. The number of carbonyl (C=O) groups is 2. The number of fused-ring (bicyclic) bond motifs is 2. The molecule has 0 saturated heterocycles. The molecule has 1 atom stereocenters. The van der Waals surface area contributed by atoms with Crippen LogP contribution in [0.5, 0.6) is 5.75 Å². The molecule has 0 saturated carbocycles. The number of nitrogens with one attached hydrogen (secondary N) is 2. The largest absolute Gasteiger partial charge is 0.489 e. The van der Waals surface area contributed by atoms with Crippen molar-refractivity contribution in [3.8, 4) is 5.75 Å². The first-order valence-electron chi connectivity index (χ1n) is 12.4. The summed E-state index contributed by atoms with van der Waals surface area (Å²) in [7, 11) is 1.69. The van der Waals surface area contributed by atoms with Crippen molar-refractivity contribution >= 4 is 17.5 Å². The summed E-state index contributed by atoms with van der Waals surface area (Å²) >= 11 is 0. The summed E-state index contributed by atoms with van der Waals surface area (Å²) < 4.78 is 7.86. The number of carbonyl (C=O) groups excluding carboxylic acids is 2. The van der Waals surface area contributed by atoms with Gasteiger partial charge in [0.15, 0.2) is 0 Å². The van der Waals surface area contributed by atoms with Crippen molar-refractivity contribution in [1.82, 2.24) is 40.2 Å². The highest BCUT2D eigenvalue weighted by molar-refractivity contribution is 6.02. The number of aromatic nitrogens is 6. The van der Waals surface area contributed by atoms with Gasteiger partial charge >= 0.3 is 0 Å². The monoisotopic (exact) mass is 513 g/mol. The van der Waals surface area contributed by atoms with E-state index in [1.54, 1.807) is 13.4 Å². The number of hydrogen-bond acceptors (Lipinski definition) is 8. The van der Waals surface area contributed by atoms with Crippen LogP contribution in [-0.2, 0) is 30.8 Å². The van der Waals surface area contributed by atoms with Crippen LogP contribution in [0.15, 0.2) is 54.9 Å². The molecule has 6 rings (SSSR count). The van der Waals surface area contributed by atoms with E-state index in [1.165, 1.54) is 4.90 Å². The number of benzene rings is 2. The first-order valence-corrected chi connectivity index (χ1v) is 12.4. The van der Waals surface area contributed by atoms with Gasteiger partial charge in [-0.15, -0.1) is 5.10 Å². The number of likely N-dealkylation sites (N-methyl/N-ethyl adjacent to an activating group) is 1. The SMILES string of the molecule is CN1C(=O)[C@H](NC(=O)c2n[nH]c(Cc3ccccc3)n2)COc2ccc(CN3CCn4ncnc4C3)cc21. The van der Waals surface area contributed by atoms with Gasteiger partial charge in [-0.25, -0.2) is 14.6 Å². The van der Waals surface area contributed by atoms with Crippen LogP contribution in [0.2, 0.25) is 0 Å². The average molecular weight is 514 g/mol. The molecule has 12 heteroatoms. The van der Waals surface area contributed by atoms with Crippen LogP contribution in [0.25, 0.3) is 0 Å². The Morgan fingerprint density at radius 3 is 2.89 bits per heavy atom. The fourth-order valence-corrected chi connectivity index (χ4v) is 4.74. The minimum atomic E-state index is -0.882. The standard InChI is InChI=1S/C26H27N9O3/c1-33-20-11-18(13-34-9-10-35-23(14-34)27-16-28-35)7-8-21(20)38-15-19(26(33)37)29-25(36)24-30-22(31-32-24)12-17-5-3-2-4-6-17/h2-8,11,16,19H,9-10,12-15H2,1H3,(H,29,36)(H,30,31,32)/t19-/m1/s1. The van der Waals surface area contributed by atoms with Gasteiger partial charge in [0.05, 0.1) is 18.8 Å². The number of rotatable bonds is 6. The highest BCUT2D eigenvalue weighted by Crippen LogP contribution is 2.32. The average Bonchev–Trinajstić information content (AvgIpc) is 3.58. The van der Waals surface area contributed by atoms with Gasteiger partial charge in [-0.05, 0) is 23.3 Å². The van der Waals surface area contributed by atoms with Gasteiger partial charge in [-0.2, -0.15) is 5.10 Å². The first kappa shape index (κ1) is 23.8. The van der Waals surface area contributed by atoms with Crippen LogP contribution in [0.4, 0.5) is 5.69 Å². The molecule has 2 aliphatic rings. The lowest BCUT2D eigenvalue weighted by atomic mass is 10.1. The van der Waals surface area contributed by atoms with E-state index < -0.39 is 11.9 Å². The van der Waals surface area contributed by atoms with E-state index in [2.05, 4.69) is 35.5 Å². The molecule has 194 valence electrons. The van der Waals surface area contributed by atoms with E-state index >= 15 is 0 Å². The Morgan fingerprint density at radius 2 is 2.03 bits per heavy atom. The van der Waals surface area contributed by atoms with Gasteiger partial charge in [0.25, 0.3) is 11.8 Å². The van der Waals surface area contributed by atoms with E-state index in [0.29, 0.717) is 36.8 Å². The number of H-pyrrole nitrogens is 1. The van der Waals surface area contributed by atoms with Gasteiger partial charge in [0.1, 0.15) is 36.4 Å². The molecule has 0 bridgehead atoms. The molecule has 2 aliphatic heterocycles. The summed E-state index contributed by atoms with van der Waals surface area (Å²) in [6.45, 7) is 3.08. The first-order chi connectivity index (χ1) is 18.5. The minimum absolute atomic E-state index is 0.00430. The Bertz CT molecular complexity index is 1470. The molecule has 2 aromatic carbocycles. The zero-order valence-electron chi connectivity index (χ0n) is 20.9. The maximum Gasteiger partial charge on any atom is 0.291 e. The molecule has 38 heavy (non-hydrogen) atoms. The third kappa shape index (κ3) is 4.85. The summed E-state index contributed by atoms with van der Waals surface area (Å²) in [6.07, 6.45) is 2.10. The molecule has 2 amide bonds. The third-order valence-corrected chi connectivity index (χ3v) is 6.77. The van der Waals surface area contributed by atoms with Gasteiger partial charge in [-0.1, -0.05) is 36.4 Å². The smallest absolute Gasteiger partial charge is 0.291 e. The van der Waals surface area contributed by atoms with Crippen LogP contribution in [-0.4, -0.2) is 72.9 Å². The third-order valence-electron chi connectivity index (χ3n) is 6.77. The number of anilines is 1. The zero-order valence-corrected chi connectivity index (χ0v) is 20.9. The van der Waals surface area contributed by atoms with E-state index in [1.807, 2.05) is 53.2 Å². The van der Waals surface area contributed by atoms with E-state index in [-0.39, 0.29) is 18.3 Å². The molecule has 2 aromatic heterocycles. The van der Waals surface area contributed by atoms with Crippen molar-refractivity contribution in [1.29, 1.82) is 0 Å². The lowest BCUT2D eigenvalue weighted by molar-refractivity contribution is -0.120. The van der Waals surface area contributed by atoms with Crippen LogP contribution in [0.3, 0.4) is 0 Å². The number of hydrogen-bond donors (Lipinski definition) is 2. The molecule has 4 heterocycles. The predicted octanol–water partition coefficient (Wildman–Crippen LogP) is 1.16. The molecule has 0 spiro atoms. The van der Waals surface area contributed by atoms with Crippen LogP contribution in [0.1, 0.15) is 33.4 Å². The molecular weight excluding hydrogens is 486 g/mol. The molecular formula is C26H27N9O3. The maximum atomic E-state index is 13.3. The van der Waals surface area contributed by atoms with E-state index in [9.17, 15) is 9.59 Å². The normalized spacial score (nSPS) is 17.3. The van der Waals surface area contributed by atoms with Crippen molar-refractivity contribution in [3.05, 3.63) is 83.5 Å². The molecule has 0 fully saturated rings. The van der Waals surface area contributed by atoms with Crippen LogP contribution >= 0.6 is 0 Å². The maximum absolute atomic E-state index is 13.3.